The molecule has 5 amide bonds. The number of rotatable bonds is 23. The van der Waals surface area contributed by atoms with Crippen LogP contribution in [0.25, 0.3) is 21.7 Å². The highest BCUT2D eigenvalue weighted by Gasteiger charge is 2.42. The Labute approximate surface area is 468 Å². The van der Waals surface area contributed by atoms with Crippen LogP contribution >= 0.6 is 11.3 Å². The van der Waals surface area contributed by atoms with Gasteiger partial charge in [-0.25, -0.2) is 15.0 Å². The average molecular weight is 1090 g/mol. The van der Waals surface area contributed by atoms with Crippen LogP contribution in [0, 0.1) is 19.3 Å². The molecule has 79 heavy (non-hydrogen) atoms. The summed E-state index contributed by atoms with van der Waals surface area (Å²) in [6.45, 7) is 13.8. The molecule has 0 radical (unpaired) electrons. The summed E-state index contributed by atoms with van der Waals surface area (Å²) in [6.07, 6.45) is 10.8. The molecule has 2 aliphatic rings. The zero-order chi connectivity index (χ0) is 55.9. The smallest absolute Gasteiger partial charge is 0.255 e. The van der Waals surface area contributed by atoms with Crippen LogP contribution in [0.2, 0.25) is 0 Å². The summed E-state index contributed by atoms with van der Waals surface area (Å²) in [5.41, 5.74) is 9.93. The molecule has 6 aromatic rings. The van der Waals surface area contributed by atoms with E-state index >= 15 is 0 Å². The number of hydrogen-bond donors (Lipinski definition) is 5. The minimum Gasteiger partial charge on any atom is -0.391 e. The number of hydrogen-bond acceptors (Lipinski definition) is 13. The van der Waals surface area contributed by atoms with Crippen molar-refractivity contribution in [2.75, 3.05) is 43.4 Å². The molecule has 0 unspecified atom stereocenters. The maximum Gasteiger partial charge on any atom is 0.255 e. The number of nitrogens with zero attached hydrogens (tertiary/aromatic N) is 7. The number of aliphatic hydroxyl groups is 1. The molecule has 0 bridgehead atoms. The Morgan fingerprint density at radius 3 is 2.20 bits per heavy atom. The van der Waals surface area contributed by atoms with Gasteiger partial charge in [0, 0.05) is 112 Å². The number of carbonyl (C=O) groups excluding carboxylic acids is 5. The second kappa shape index (κ2) is 27.5. The van der Waals surface area contributed by atoms with E-state index < -0.39 is 23.6 Å². The first-order valence-corrected chi connectivity index (χ1v) is 28.5. The van der Waals surface area contributed by atoms with Gasteiger partial charge in [0.05, 0.1) is 27.9 Å². The second-order valence-electron chi connectivity index (χ2n) is 21.9. The van der Waals surface area contributed by atoms with E-state index in [0.29, 0.717) is 62.5 Å². The lowest BCUT2D eigenvalue weighted by Gasteiger charge is -2.35. The Balaban J connectivity index is 0.680. The maximum absolute atomic E-state index is 14.1. The lowest BCUT2D eigenvalue weighted by Crippen LogP contribution is -2.56. The molecule has 2 fully saturated rings. The molecule has 3 aromatic heterocycles. The fourth-order valence-corrected chi connectivity index (χ4v) is 10.9. The lowest BCUT2D eigenvalue weighted by molar-refractivity contribution is -0.141. The van der Waals surface area contributed by atoms with Gasteiger partial charge in [-0.2, -0.15) is 0 Å². The zero-order valence-electron chi connectivity index (χ0n) is 46.2. The Morgan fingerprint density at radius 1 is 0.785 bits per heavy atom. The number of aromatic nitrogens is 4. The molecular weight excluding hydrogens is 1010 g/mol. The summed E-state index contributed by atoms with van der Waals surface area (Å²) >= 11 is 1.59. The van der Waals surface area contributed by atoms with Crippen LogP contribution < -0.4 is 21.3 Å². The summed E-state index contributed by atoms with van der Waals surface area (Å²) < 4.78 is 0. The minimum absolute atomic E-state index is 0.0564. The van der Waals surface area contributed by atoms with Crippen LogP contribution in [0.1, 0.15) is 118 Å². The predicted molar refractivity (Wildman–Crippen MR) is 309 cm³/mol. The zero-order valence-corrected chi connectivity index (χ0v) is 47.0. The van der Waals surface area contributed by atoms with Crippen molar-refractivity contribution in [2.45, 2.75) is 130 Å². The van der Waals surface area contributed by atoms with Gasteiger partial charge in [-0.1, -0.05) is 88.9 Å². The first kappa shape index (κ1) is 57.8. The number of aliphatic hydroxyl groups excluding tert-OH is 1. The Bertz CT molecular complexity index is 3010. The van der Waals surface area contributed by atoms with Crippen molar-refractivity contribution in [2.24, 2.45) is 5.41 Å². The summed E-state index contributed by atoms with van der Waals surface area (Å²) in [5.74, 6) is -0.269. The number of benzene rings is 3. The first-order valence-electron chi connectivity index (χ1n) is 27.6. The van der Waals surface area contributed by atoms with E-state index in [1.807, 2.05) is 130 Å². The van der Waals surface area contributed by atoms with E-state index in [2.05, 4.69) is 46.1 Å². The Morgan fingerprint density at radius 2 is 1.51 bits per heavy atom. The molecule has 8 rings (SSSR count). The molecule has 0 aliphatic carbocycles. The van der Waals surface area contributed by atoms with Crippen molar-refractivity contribution in [1.29, 1.82) is 0 Å². The van der Waals surface area contributed by atoms with Crippen LogP contribution in [-0.2, 0) is 32.3 Å². The van der Waals surface area contributed by atoms with Crippen LogP contribution in [0.3, 0.4) is 0 Å². The van der Waals surface area contributed by atoms with Crippen molar-refractivity contribution in [1.82, 2.24) is 45.3 Å². The summed E-state index contributed by atoms with van der Waals surface area (Å²) in [5, 5.41) is 22.9. The maximum atomic E-state index is 14.1. The molecule has 17 nitrogen and oxygen atoms in total. The van der Waals surface area contributed by atoms with Gasteiger partial charge in [-0.15, -0.1) is 11.3 Å². The normalized spacial score (nSPS) is 16.1. The van der Waals surface area contributed by atoms with E-state index in [0.717, 1.165) is 102 Å². The first-order chi connectivity index (χ1) is 38.1. The van der Waals surface area contributed by atoms with E-state index in [1.165, 1.54) is 0 Å². The molecule has 5 heterocycles. The largest absolute Gasteiger partial charge is 0.391 e. The van der Waals surface area contributed by atoms with Crippen LogP contribution in [0.15, 0.2) is 109 Å². The van der Waals surface area contributed by atoms with Crippen molar-refractivity contribution < 1.29 is 29.1 Å². The predicted octanol–water partition coefficient (Wildman–Crippen LogP) is 9.24. The highest BCUT2D eigenvalue weighted by atomic mass is 32.1. The average Bonchev–Trinajstić information content (AvgIpc) is 4.08. The number of anilines is 3. The van der Waals surface area contributed by atoms with E-state index in [4.69, 9.17) is 0 Å². The van der Waals surface area contributed by atoms with Crippen molar-refractivity contribution in [3.8, 4) is 21.7 Å². The van der Waals surface area contributed by atoms with Gasteiger partial charge >= 0.3 is 0 Å². The molecule has 416 valence electrons. The van der Waals surface area contributed by atoms with Gasteiger partial charge in [-0.05, 0) is 103 Å². The molecule has 2 aliphatic heterocycles. The summed E-state index contributed by atoms with van der Waals surface area (Å²) in [7, 11) is 0. The fourth-order valence-electron chi connectivity index (χ4n) is 10.1. The summed E-state index contributed by atoms with van der Waals surface area (Å²) in [6, 6.07) is 25.7. The Hall–Kier alpha value is -7.41. The second-order valence-corrected chi connectivity index (χ2v) is 22.8. The van der Waals surface area contributed by atoms with Crippen molar-refractivity contribution in [3.05, 3.63) is 137 Å². The molecular formula is C61H75N11O6S. The fraction of sp³-hybridized carbons (Fsp3) is 0.426. The third-order valence-corrected chi connectivity index (χ3v) is 15.7. The van der Waals surface area contributed by atoms with Crippen molar-refractivity contribution >= 4 is 58.2 Å². The van der Waals surface area contributed by atoms with E-state index in [1.54, 1.807) is 34.8 Å². The van der Waals surface area contributed by atoms with Gasteiger partial charge in [0.2, 0.25) is 29.6 Å². The monoisotopic (exact) mass is 1090 g/mol. The third kappa shape index (κ3) is 16.6. The molecule has 3 atom stereocenters. The summed E-state index contributed by atoms with van der Waals surface area (Å²) in [4.78, 5) is 91.4. The third-order valence-electron chi connectivity index (χ3n) is 14.7. The van der Waals surface area contributed by atoms with Gasteiger partial charge in [0.25, 0.3) is 5.91 Å². The molecule has 3 aromatic carbocycles. The quantitative estimate of drug-likeness (QED) is 0.0380. The van der Waals surface area contributed by atoms with Gasteiger partial charge in [0.15, 0.2) is 0 Å². The standard InChI is InChI=1S/C61H75N11O6S/c1-41-16-25-48(33-52(41)68-60-63-28-26-51(67-60)47-13-12-27-62-37-47)66-58(77)46-23-19-44(20-24-46)38-70-29-31-71(32-30-70)55(76)15-11-9-7-6-8-10-14-53(74)69-57(61(3,4)5)59(78)72-39-50(73)34-49(72)35-54(75)64-36-43-17-21-45(22-18-43)56-42(2)65-40-79-56/h12-13,16-28,33,37,40,49-50,57,73H,6-11,14-15,29-32,34-36,38-39H2,1-5H3,(H,64,75)(H,66,77)(H,69,74)(H,63,67,68)/t49-,50+,57+/m0/s1. The highest BCUT2D eigenvalue weighted by molar-refractivity contribution is 7.13. The van der Waals surface area contributed by atoms with Crippen molar-refractivity contribution in [3.63, 3.8) is 0 Å². The number of aryl methyl sites for hydroxylation is 2. The number of β-amino-alcohol motifs (C(OH)–C–C–N with tert-alkyl or cyclic N) is 1. The molecule has 0 saturated carbocycles. The number of nitrogens with one attached hydrogen (secondary N) is 4. The van der Waals surface area contributed by atoms with Crippen LogP contribution in [-0.4, -0.2) is 120 Å². The topological polar surface area (TPSA) is 215 Å². The minimum atomic E-state index is -0.812. The number of carbonyl (C=O) groups is 5. The number of unbranched alkanes of at least 4 members (excludes halogenated alkanes) is 5. The van der Waals surface area contributed by atoms with Crippen LogP contribution in [0.5, 0.6) is 0 Å². The number of piperazine rings is 1. The van der Waals surface area contributed by atoms with E-state index in [9.17, 15) is 29.1 Å². The molecule has 18 heteroatoms. The molecule has 0 spiro atoms. The van der Waals surface area contributed by atoms with Crippen LogP contribution in [0.4, 0.5) is 17.3 Å². The van der Waals surface area contributed by atoms with Gasteiger partial charge < -0.3 is 36.2 Å². The number of amides is 5. The lowest BCUT2D eigenvalue weighted by atomic mass is 9.85. The SMILES string of the molecule is Cc1ccc(NC(=O)c2ccc(CN3CCN(C(=O)CCCCCCCCC(=O)N[C@H](C(=O)N4C[C@H](O)C[C@H]4CC(=O)NCc4ccc(-c5scnc5C)cc4)C(C)(C)C)CC3)cc2)cc1Nc1nccc(-c2cccnc2)n1. The number of pyridine rings is 1. The number of thiazole rings is 1. The Kier molecular flexibility index (Phi) is 20.1. The molecule has 5 N–H and O–H groups in total. The molecule has 2 saturated heterocycles. The number of likely N-dealkylation sites (tertiary alicyclic amines) is 1. The van der Waals surface area contributed by atoms with E-state index in [-0.39, 0.29) is 42.5 Å². The highest BCUT2D eigenvalue weighted by Crippen LogP contribution is 2.30. The van der Waals surface area contributed by atoms with Gasteiger partial charge in [-0.3, -0.25) is 33.9 Å². The van der Waals surface area contributed by atoms with Gasteiger partial charge in [0.1, 0.15) is 6.04 Å².